The Balaban J connectivity index is 2.64. The average molecular weight is 244 g/mol. The number of hydrogen-bond donors (Lipinski definition) is 1. The molecule has 0 bridgehead atoms. The van der Waals surface area contributed by atoms with Crippen molar-refractivity contribution in [2.24, 2.45) is 7.05 Å². The minimum absolute atomic E-state index is 0.00438. The van der Waals surface area contributed by atoms with Gasteiger partial charge in [-0.25, -0.2) is 4.98 Å². The summed E-state index contributed by atoms with van der Waals surface area (Å²) in [6.07, 6.45) is 2.04. The van der Waals surface area contributed by atoms with Crippen molar-refractivity contribution >= 4 is 5.82 Å². The third kappa shape index (κ3) is 2.23. The molecule has 0 amide bonds. The molecule has 2 aromatic heterocycles. The maximum atomic E-state index is 5.70. The van der Waals surface area contributed by atoms with Crippen molar-refractivity contribution in [3.05, 3.63) is 29.7 Å². The van der Waals surface area contributed by atoms with Crippen molar-refractivity contribution in [3.8, 4) is 11.1 Å². The van der Waals surface area contributed by atoms with E-state index in [0.717, 1.165) is 22.5 Å². The predicted octanol–water partition coefficient (Wildman–Crippen LogP) is 2.67. The van der Waals surface area contributed by atoms with Crippen molar-refractivity contribution in [2.45, 2.75) is 33.1 Å². The summed E-state index contributed by atoms with van der Waals surface area (Å²) in [7, 11) is 1.94. The van der Waals surface area contributed by atoms with E-state index in [9.17, 15) is 0 Å². The summed E-state index contributed by atoms with van der Waals surface area (Å²) in [5.41, 5.74) is 9.96. The largest absolute Gasteiger partial charge is 0.384 e. The summed E-state index contributed by atoms with van der Waals surface area (Å²) >= 11 is 0. The summed E-state index contributed by atoms with van der Waals surface area (Å²) in [6, 6.07) is 3.85. The number of nitrogen functional groups attached to an aromatic ring is 1. The Bertz CT molecular complexity index is 576. The van der Waals surface area contributed by atoms with Crippen LogP contribution in [0.25, 0.3) is 11.1 Å². The Morgan fingerprint density at radius 3 is 2.39 bits per heavy atom. The molecule has 0 radical (unpaired) electrons. The number of hydrogen-bond acceptors (Lipinski definition) is 3. The SMILES string of the molecule is Cc1nc(N)ccc1-c1cn(C)nc1C(C)(C)C. The van der Waals surface area contributed by atoms with Crippen LogP contribution in [-0.2, 0) is 12.5 Å². The Kier molecular flexibility index (Phi) is 2.89. The minimum Gasteiger partial charge on any atom is -0.384 e. The minimum atomic E-state index is 0.00438. The van der Waals surface area contributed by atoms with E-state index in [4.69, 9.17) is 5.73 Å². The number of aromatic nitrogens is 3. The highest BCUT2D eigenvalue weighted by Gasteiger charge is 2.23. The molecule has 0 spiro atoms. The molecule has 0 saturated heterocycles. The predicted molar refractivity (Wildman–Crippen MR) is 74.3 cm³/mol. The molecule has 18 heavy (non-hydrogen) atoms. The first-order valence-corrected chi connectivity index (χ1v) is 6.06. The maximum absolute atomic E-state index is 5.70. The fourth-order valence-corrected chi connectivity index (χ4v) is 2.10. The highest BCUT2D eigenvalue weighted by atomic mass is 15.3. The van der Waals surface area contributed by atoms with Gasteiger partial charge in [0.05, 0.1) is 5.69 Å². The van der Waals surface area contributed by atoms with E-state index in [1.165, 1.54) is 0 Å². The van der Waals surface area contributed by atoms with Crippen LogP contribution >= 0.6 is 0 Å². The quantitative estimate of drug-likeness (QED) is 0.839. The lowest BCUT2D eigenvalue weighted by Gasteiger charge is -2.18. The van der Waals surface area contributed by atoms with Crippen molar-refractivity contribution in [1.82, 2.24) is 14.8 Å². The number of anilines is 1. The molecule has 0 aliphatic carbocycles. The Hall–Kier alpha value is -1.84. The first-order valence-electron chi connectivity index (χ1n) is 6.06. The van der Waals surface area contributed by atoms with E-state index in [-0.39, 0.29) is 5.41 Å². The summed E-state index contributed by atoms with van der Waals surface area (Å²) in [5, 5.41) is 4.58. The molecule has 0 fully saturated rings. The van der Waals surface area contributed by atoms with E-state index in [1.54, 1.807) is 0 Å². The summed E-state index contributed by atoms with van der Waals surface area (Å²) in [5.74, 6) is 0.553. The normalized spacial score (nSPS) is 11.8. The number of nitrogens with two attached hydrogens (primary N) is 1. The van der Waals surface area contributed by atoms with Gasteiger partial charge >= 0.3 is 0 Å². The topological polar surface area (TPSA) is 56.7 Å². The molecule has 0 unspecified atom stereocenters. The van der Waals surface area contributed by atoms with Gasteiger partial charge in [0.15, 0.2) is 0 Å². The lowest BCUT2D eigenvalue weighted by molar-refractivity contribution is 0.554. The molecule has 0 aliphatic heterocycles. The van der Waals surface area contributed by atoms with E-state index in [2.05, 4.69) is 30.9 Å². The molecule has 4 nitrogen and oxygen atoms in total. The lowest BCUT2D eigenvalue weighted by atomic mass is 9.87. The smallest absolute Gasteiger partial charge is 0.123 e. The zero-order valence-electron chi connectivity index (χ0n) is 11.7. The molecule has 2 N–H and O–H groups in total. The van der Waals surface area contributed by atoms with Crippen LogP contribution in [0.1, 0.15) is 32.2 Å². The standard InChI is InChI=1S/C14H20N4/c1-9-10(6-7-12(15)16-9)11-8-18(5)17-13(11)14(2,3)4/h6-8H,1-5H3,(H2,15,16). The molecule has 2 rings (SSSR count). The monoisotopic (exact) mass is 244 g/mol. The number of pyridine rings is 1. The van der Waals surface area contributed by atoms with Crippen molar-refractivity contribution in [2.75, 3.05) is 5.73 Å². The van der Waals surface area contributed by atoms with Gasteiger partial charge in [0.1, 0.15) is 5.82 Å². The van der Waals surface area contributed by atoms with E-state index >= 15 is 0 Å². The number of nitrogens with zero attached hydrogens (tertiary/aromatic N) is 3. The van der Waals surface area contributed by atoms with Crippen LogP contribution in [-0.4, -0.2) is 14.8 Å². The van der Waals surface area contributed by atoms with E-state index in [1.807, 2.05) is 37.0 Å². The summed E-state index contributed by atoms with van der Waals surface area (Å²) in [4.78, 5) is 4.32. The second kappa shape index (κ2) is 4.12. The lowest BCUT2D eigenvalue weighted by Crippen LogP contribution is -2.14. The molecule has 0 aromatic carbocycles. The van der Waals surface area contributed by atoms with Crippen molar-refractivity contribution in [3.63, 3.8) is 0 Å². The molecule has 2 aromatic rings. The van der Waals surface area contributed by atoms with Gasteiger partial charge in [0, 0.05) is 35.5 Å². The second-order valence-electron chi connectivity index (χ2n) is 5.68. The van der Waals surface area contributed by atoms with Crippen LogP contribution in [0.3, 0.4) is 0 Å². The van der Waals surface area contributed by atoms with Crippen LogP contribution in [0.4, 0.5) is 5.82 Å². The van der Waals surface area contributed by atoms with Crippen LogP contribution < -0.4 is 5.73 Å². The van der Waals surface area contributed by atoms with Gasteiger partial charge in [0.25, 0.3) is 0 Å². The first-order chi connectivity index (χ1) is 8.29. The third-order valence-corrected chi connectivity index (χ3v) is 2.94. The van der Waals surface area contributed by atoms with Gasteiger partial charge < -0.3 is 5.73 Å². The fourth-order valence-electron chi connectivity index (χ4n) is 2.10. The van der Waals surface area contributed by atoms with Gasteiger partial charge in [-0.3, -0.25) is 4.68 Å². The van der Waals surface area contributed by atoms with Gasteiger partial charge in [0.2, 0.25) is 0 Å². The molecule has 96 valence electrons. The molecular formula is C14H20N4. The molecular weight excluding hydrogens is 224 g/mol. The second-order valence-corrected chi connectivity index (χ2v) is 5.68. The zero-order valence-corrected chi connectivity index (χ0v) is 11.7. The Morgan fingerprint density at radius 2 is 1.83 bits per heavy atom. The van der Waals surface area contributed by atoms with Crippen LogP contribution in [0.2, 0.25) is 0 Å². The van der Waals surface area contributed by atoms with Crippen LogP contribution in [0, 0.1) is 6.92 Å². The highest BCUT2D eigenvalue weighted by Crippen LogP contribution is 2.33. The van der Waals surface area contributed by atoms with Crippen LogP contribution in [0.15, 0.2) is 18.3 Å². The maximum Gasteiger partial charge on any atom is 0.123 e. The molecule has 0 atom stereocenters. The molecule has 0 saturated carbocycles. The van der Waals surface area contributed by atoms with Gasteiger partial charge in [-0.2, -0.15) is 5.10 Å². The zero-order chi connectivity index (χ0) is 13.5. The van der Waals surface area contributed by atoms with Crippen LogP contribution in [0.5, 0.6) is 0 Å². The Labute approximate surface area is 108 Å². The van der Waals surface area contributed by atoms with Gasteiger partial charge in [-0.05, 0) is 19.1 Å². The average Bonchev–Trinajstić information content (AvgIpc) is 2.59. The highest BCUT2D eigenvalue weighted by molar-refractivity contribution is 5.69. The van der Waals surface area contributed by atoms with Crippen molar-refractivity contribution < 1.29 is 0 Å². The molecule has 0 aliphatic rings. The number of aryl methyl sites for hydroxylation is 2. The first kappa shape index (κ1) is 12.6. The molecule has 4 heteroatoms. The van der Waals surface area contributed by atoms with Crippen molar-refractivity contribution in [1.29, 1.82) is 0 Å². The number of rotatable bonds is 1. The fraction of sp³-hybridized carbons (Fsp3) is 0.429. The summed E-state index contributed by atoms with van der Waals surface area (Å²) in [6.45, 7) is 8.47. The third-order valence-electron chi connectivity index (χ3n) is 2.94. The van der Waals surface area contributed by atoms with E-state index in [0.29, 0.717) is 5.82 Å². The Morgan fingerprint density at radius 1 is 1.17 bits per heavy atom. The van der Waals surface area contributed by atoms with Gasteiger partial charge in [-0.15, -0.1) is 0 Å². The van der Waals surface area contributed by atoms with Gasteiger partial charge in [-0.1, -0.05) is 20.8 Å². The molecule has 2 heterocycles. The summed E-state index contributed by atoms with van der Waals surface area (Å²) < 4.78 is 1.85. The van der Waals surface area contributed by atoms with E-state index < -0.39 is 0 Å².